The topological polar surface area (TPSA) is 84.1 Å². The van der Waals surface area contributed by atoms with Crippen molar-refractivity contribution in [1.29, 1.82) is 0 Å². The maximum Gasteiger partial charge on any atom is 0.418 e. The molecule has 8 nitrogen and oxygen atoms in total. The third kappa shape index (κ3) is 5.26. The highest BCUT2D eigenvalue weighted by Crippen LogP contribution is 2.38. The van der Waals surface area contributed by atoms with E-state index in [-0.39, 0.29) is 17.0 Å². The fourth-order valence-electron chi connectivity index (χ4n) is 4.09. The van der Waals surface area contributed by atoms with Crippen LogP contribution in [0.3, 0.4) is 0 Å². The van der Waals surface area contributed by atoms with Crippen LogP contribution in [0.2, 0.25) is 0 Å². The Morgan fingerprint density at radius 3 is 2.33 bits per heavy atom. The molecule has 3 heterocycles. The lowest BCUT2D eigenvalue weighted by Crippen LogP contribution is -2.25. The molecule has 0 N–H and O–H groups in total. The maximum absolute atomic E-state index is 14.2. The molecule has 0 unspecified atom stereocenters. The first-order valence-electron chi connectivity index (χ1n) is 11.4. The van der Waals surface area contributed by atoms with Crippen molar-refractivity contribution in [2.24, 2.45) is 7.05 Å². The Kier molecular flexibility index (Phi) is 6.81. The second kappa shape index (κ2) is 10.1. The van der Waals surface area contributed by atoms with E-state index in [9.17, 15) is 35.5 Å². The standard InChI is InChI=1S/C25H16F7N5O3/c1-36-10-13-8-14(4-7-17(13)34-36)37-23(38)20(12-2-5-15(6-3-12)40-24(28)29)22-21(35-37)16(25(30,31)32)9-19(33-22)39-11-18(26)27/h2-10,18,24H,11H2,1H3. The van der Waals surface area contributed by atoms with Gasteiger partial charge in [-0.3, -0.25) is 9.48 Å². The van der Waals surface area contributed by atoms with E-state index in [1.807, 2.05) is 0 Å². The van der Waals surface area contributed by atoms with Gasteiger partial charge in [0.2, 0.25) is 5.88 Å². The van der Waals surface area contributed by atoms with Crippen LogP contribution < -0.4 is 15.0 Å². The van der Waals surface area contributed by atoms with Crippen molar-refractivity contribution in [1.82, 2.24) is 24.5 Å². The Labute approximate surface area is 219 Å². The van der Waals surface area contributed by atoms with Crippen LogP contribution in [0.15, 0.2) is 59.5 Å². The molecule has 0 fully saturated rings. The van der Waals surface area contributed by atoms with Crippen LogP contribution in [0.5, 0.6) is 11.6 Å². The van der Waals surface area contributed by atoms with Gasteiger partial charge in [-0.15, -0.1) is 0 Å². The zero-order valence-corrected chi connectivity index (χ0v) is 20.2. The van der Waals surface area contributed by atoms with E-state index in [1.54, 1.807) is 19.3 Å². The third-order valence-corrected chi connectivity index (χ3v) is 5.69. The van der Waals surface area contributed by atoms with E-state index in [0.717, 1.165) is 16.8 Å². The first-order valence-corrected chi connectivity index (χ1v) is 11.4. The lowest BCUT2D eigenvalue weighted by molar-refractivity contribution is -0.136. The van der Waals surface area contributed by atoms with Crippen molar-refractivity contribution in [3.63, 3.8) is 0 Å². The van der Waals surface area contributed by atoms with Crippen LogP contribution in [-0.2, 0) is 13.2 Å². The average molecular weight is 567 g/mol. The summed E-state index contributed by atoms with van der Waals surface area (Å²) in [6.07, 6.45) is -6.44. The van der Waals surface area contributed by atoms with Crippen molar-refractivity contribution in [3.8, 4) is 28.4 Å². The lowest BCUT2D eigenvalue weighted by atomic mass is 10.0. The number of aryl methyl sites for hydroxylation is 1. The normalized spacial score (nSPS) is 12.2. The molecular formula is C25H16F7N5O3. The van der Waals surface area contributed by atoms with Crippen LogP contribution in [-0.4, -0.2) is 44.2 Å². The minimum atomic E-state index is -5.06. The van der Waals surface area contributed by atoms with Gasteiger partial charge in [-0.25, -0.2) is 13.8 Å². The Balaban J connectivity index is 1.82. The van der Waals surface area contributed by atoms with Gasteiger partial charge < -0.3 is 9.47 Å². The summed E-state index contributed by atoms with van der Waals surface area (Å²) in [5.41, 5.74) is -3.47. The number of hydrogen-bond donors (Lipinski definition) is 0. The summed E-state index contributed by atoms with van der Waals surface area (Å²) in [4.78, 5) is 17.7. The van der Waals surface area contributed by atoms with Crippen molar-refractivity contribution < 1.29 is 40.2 Å². The molecule has 3 aromatic heterocycles. The number of alkyl halides is 7. The number of benzene rings is 2. The summed E-state index contributed by atoms with van der Waals surface area (Å²) >= 11 is 0. The smallest absolute Gasteiger partial charge is 0.418 e. The van der Waals surface area contributed by atoms with Crippen LogP contribution in [0.25, 0.3) is 38.8 Å². The molecule has 0 amide bonds. The molecule has 5 aromatic rings. The zero-order chi connectivity index (χ0) is 28.8. The Hall–Kier alpha value is -4.69. The van der Waals surface area contributed by atoms with E-state index < -0.39 is 59.4 Å². The molecule has 0 saturated heterocycles. The molecule has 0 bridgehead atoms. The first kappa shape index (κ1) is 26.9. The largest absolute Gasteiger partial charge is 0.472 e. The van der Waals surface area contributed by atoms with Gasteiger partial charge >= 0.3 is 12.8 Å². The van der Waals surface area contributed by atoms with Gasteiger partial charge in [-0.1, -0.05) is 12.1 Å². The van der Waals surface area contributed by atoms with Crippen molar-refractivity contribution in [2.45, 2.75) is 19.2 Å². The highest BCUT2D eigenvalue weighted by molar-refractivity contribution is 5.93. The molecule has 0 saturated carbocycles. The summed E-state index contributed by atoms with van der Waals surface area (Å²) < 4.78 is 105. The molecule has 208 valence electrons. The maximum atomic E-state index is 14.2. The number of aromatic nitrogens is 5. The van der Waals surface area contributed by atoms with Gasteiger partial charge in [-0.2, -0.15) is 36.8 Å². The molecule has 0 aliphatic carbocycles. The highest BCUT2D eigenvalue weighted by Gasteiger charge is 2.36. The summed E-state index contributed by atoms with van der Waals surface area (Å²) in [6.45, 7) is -4.39. The van der Waals surface area contributed by atoms with Gasteiger partial charge in [0.1, 0.15) is 16.8 Å². The van der Waals surface area contributed by atoms with Crippen LogP contribution in [0.4, 0.5) is 30.7 Å². The molecule has 5 rings (SSSR count). The summed E-state index contributed by atoms with van der Waals surface area (Å²) in [6, 6.07) is 9.40. The summed E-state index contributed by atoms with van der Waals surface area (Å²) in [5.74, 6) is -1.08. The minimum absolute atomic E-state index is 0.0261. The number of pyridine rings is 1. The highest BCUT2D eigenvalue weighted by atomic mass is 19.4. The SMILES string of the molecule is Cn1cc2cc(-n3nc4c(C(F)(F)F)cc(OCC(F)F)nc4c(-c4ccc(OC(F)F)cc4)c3=O)ccc2n1. The lowest BCUT2D eigenvalue weighted by Gasteiger charge is -2.16. The van der Waals surface area contributed by atoms with Crippen molar-refractivity contribution in [2.75, 3.05) is 6.61 Å². The van der Waals surface area contributed by atoms with E-state index in [0.29, 0.717) is 17.0 Å². The van der Waals surface area contributed by atoms with Gasteiger partial charge in [0, 0.05) is 24.7 Å². The van der Waals surface area contributed by atoms with Crippen molar-refractivity contribution >= 4 is 21.9 Å². The monoisotopic (exact) mass is 567 g/mol. The van der Waals surface area contributed by atoms with Crippen molar-refractivity contribution in [3.05, 3.63) is 70.6 Å². The molecule has 0 aliphatic heterocycles. The number of nitrogens with zero attached hydrogens (tertiary/aromatic N) is 5. The number of fused-ring (bicyclic) bond motifs is 2. The third-order valence-electron chi connectivity index (χ3n) is 5.69. The van der Waals surface area contributed by atoms with E-state index in [2.05, 4.69) is 19.9 Å². The minimum Gasteiger partial charge on any atom is -0.472 e. The molecule has 0 spiro atoms. The molecule has 0 atom stereocenters. The summed E-state index contributed by atoms with van der Waals surface area (Å²) in [7, 11) is 1.66. The number of hydrogen-bond acceptors (Lipinski definition) is 6. The number of ether oxygens (including phenoxy) is 2. The zero-order valence-electron chi connectivity index (χ0n) is 20.2. The molecule has 15 heteroatoms. The predicted octanol–water partition coefficient (Wildman–Crippen LogP) is 5.60. The fraction of sp³-hybridized carbons (Fsp3) is 0.200. The average Bonchev–Trinajstić information content (AvgIpc) is 3.25. The molecular weight excluding hydrogens is 551 g/mol. The molecule has 0 aliphatic rings. The molecule has 0 radical (unpaired) electrons. The number of rotatable bonds is 7. The fourth-order valence-corrected chi connectivity index (χ4v) is 4.09. The van der Waals surface area contributed by atoms with Gasteiger partial charge in [0.15, 0.2) is 6.61 Å². The molecule has 40 heavy (non-hydrogen) atoms. The van der Waals surface area contributed by atoms with Crippen LogP contribution >= 0.6 is 0 Å². The second-order valence-corrected chi connectivity index (χ2v) is 8.45. The van der Waals surface area contributed by atoms with Gasteiger partial charge in [0.25, 0.3) is 12.0 Å². The Morgan fingerprint density at radius 2 is 1.68 bits per heavy atom. The molecule has 2 aromatic carbocycles. The number of halogens is 7. The van der Waals surface area contributed by atoms with Crippen LogP contribution in [0.1, 0.15) is 5.56 Å². The quantitative estimate of drug-likeness (QED) is 0.238. The van der Waals surface area contributed by atoms with Crippen LogP contribution in [0, 0.1) is 0 Å². The first-order chi connectivity index (χ1) is 18.9. The Morgan fingerprint density at radius 1 is 0.950 bits per heavy atom. The summed E-state index contributed by atoms with van der Waals surface area (Å²) in [5, 5.41) is 8.75. The van der Waals surface area contributed by atoms with E-state index >= 15 is 0 Å². The van der Waals surface area contributed by atoms with Gasteiger partial charge in [-0.05, 0) is 35.9 Å². The van der Waals surface area contributed by atoms with E-state index in [1.165, 1.54) is 28.9 Å². The van der Waals surface area contributed by atoms with Gasteiger partial charge in [0.05, 0.1) is 22.3 Å². The predicted molar refractivity (Wildman–Crippen MR) is 128 cm³/mol. The second-order valence-electron chi connectivity index (χ2n) is 8.45. The van der Waals surface area contributed by atoms with E-state index in [4.69, 9.17) is 4.74 Å². The Bertz CT molecular complexity index is 1770.